The second-order valence-electron chi connectivity index (χ2n) is 6.46. The summed E-state index contributed by atoms with van der Waals surface area (Å²) in [4.78, 5) is 12.2. The quantitative estimate of drug-likeness (QED) is 0.794. The number of hydrogen-bond donors (Lipinski definition) is 0. The summed E-state index contributed by atoms with van der Waals surface area (Å²) in [7, 11) is 1.75. The molecule has 1 fully saturated rings. The molecule has 2 aliphatic rings. The van der Waals surface area contributed by atoms with Crippen LogP contribution in [0.15, 0.2) is 47.7 Å². The molecule has 0 saturated carbocycles. The van der Waals surface area contributed by atoms with E-state index in [1.807, 2.05) is 24.0 Å². The smallest absolute Gasteiger partial charge is 0.160 e. The van der Waals surface area contributed by atoms with Crippen LogP contribution in [0.5, 0.6) is 0 Å². The molecule has 0 aliphatic carbocycles. The number of methoxy groups -OCH3 is 1. The van der Waals surface area contributed by atoms with E-state index in [0.717, 1.165) is 24.4 Å². The van der Waals surface area contributed by atoms with Gasteiger partial charge in [0.15, 0.2) is 5.17 Å². The second-order valence-corrected chi connectivity index (χ2v) is 7.44. The van der Waals surface area contributed by atoms with Crippen molar-refractivity contribution in [2.75, 3.05) is 19.5 Å². The zero-order valence-electron chi connectivity index (χ0n) is 14.7. The lowest BCUT2D eigenvalue weighted by Crippen LogP contribution is -2.36. The maximum Gasteiger partial charge on any atom is 0.160 e. The molecule has 0 radical (unpaired) electrons. The van der Waals surface area contributed by atoms with Crippen LogP contribution in [0.3, 0.4) is 0 Å². The first-order chi connectivity index (χ1) is 12.3. The predicted molar refractivity (Wildman–Crippen MR) is 102 cm³/mol. The van der Waals surface area contributed by atoms with Crippen LogP contribution in [0.1, 0.15) is 36.8 Å². The molecule has 2 aliphatic heterocycles. The topological polar surface area (TPSA) is 42.6 Å². The van der Waals surface area contributed by atoms with Gasteiger partial charge in [-0.05, 0) is 30.7 Å². The number of nitrogens with zero attached hydrogens (tertiary/aromatic N) is 4. The van der Waals surface area contributed by atoms with Crippen molar-refractivity contribution >= 4 is 16.9 Å². The summed E-state index contributed by atoms with van der Waals surface area (Å²) in [6.45, 7) is 3.84. The average molecular weight is 356 g/mol. The highest BCUT2D eigenvalue weighted by Gasteiger charge is 2.46. The molecule has 4 heterocycles. The Morgan fingerprint density at radius 2 is 2.20 bits per heavy atom. The van der Waals surface area contributed by atoms with Crippen molar-refractivity contribution in [2.45, 2.75) is 38.0 Å². The van der Waals surface area contributed by atoms with Gasteiger partial charge in [-0.25, -0.2) is 0 Å². The molecule has 0 bridgehead atoms. The highest BCUT2D eigenvalue weighted by Crippen LogP contribution is 2.48. The van der Waals surface area contributed by atoms with E-state index in [1.165, 1.54) is 10.9 Å². The van der Waals surface area contributed by atoms with Gasteiger partial charge in [-0.3, -0.25) is 9.98 Å². The molecule has 0 spiro atoms. The van der Waals surface area contributed by atoms with Gasteiger partial charge in [0.05, 0.1) is 18.3 Å². The lowest BCUT2D eigenvalue weighted by molar-refractivity contribution is 0.182. The van der Waals surface area contributed by atoms with E-state index in [0.29, 0.717) is 12.6 Å². The minimum absolute atomic E-state index is 0.0502. The van der Waals surface area contributed by atoms with E-state index in [2.05, 4.69) is 51.8 Å². The number of fused-ring (bicyclic) bond motifs is 1. The van der Waals surface area contributed by atoms with Gasteiger partial charge in [0.1, 0.15) is 6.04 Å². The van der Waals surface area contributed by atoms with E-state index in [1.54, 1.807) is 7.11 Å². The van der Waals surface area contributed by atoms with E-state index >= 15 is 0 Å². The molecule has 0 aromatic carbocycles. The minimum Gasteiger partial charge on any atom is -0.383 e. The van der Waals surface area contributed by atoms with Crippen LogP contribution in [-0.4, -0.2) is 45.1 Å². The Morgan fingerprint density at radius 3 is 2.96 bits per heavy atom. The molecule has 0 N–H and O–H groups in total. The van der Waals surface area contributed by atoms with Gasteiger partial charge in [-0.15, -0.1) is 0 Å². The van der Waals surface area contributed by atoms with Crippen LogP contribution < -0.4 is 0 Å². The average Bonchev–Trinajstić information content (AvgIpc) is 3.35. The monoisotopic (exact) mass is 356 g/mol. The maximum absolute atomic E-state index is 5.29. The van der Waals surface area contributed by atoms with Crippen LogP contribution in [0.25, 0.3) is 0 Å². The fourth-order valence-corrected chi connectivity index (χ4v) is 5.10. The highest BCUT2D eigenvalue weighted by atomic mass is 32.2. The van der Waals surface area contributed by atoms with E-state index in [4.69, 9.17) is 9.73 Å². The molecule has 2 aromatic heterocycles. The molecule has 2 aromatic rings. The maximum atomic E-state index is 5.29. The summed E-state index contributed by atoms with van der Waals surface area (Å²) in [5.41, 5.74) is 2.34. The minimum atomic E-state index is 0.0502. The van der Waals surface area contributed by atoms with Crippen LogP contribution in [0.4, 0.5) is 0 Å². The number of rotatable bonds is 6. The molecule has 1 saturated heterocycles. The molecule has 0 unspecified atom stereocenters. The first-order valence-corrected chi connectivity index (χ1v) is 9.86. The van der Waals surface area contributed by atoms with Crippen molar-refractivity contribution in [3.05, 3.63) is 54.1 Å². The summed E-state index contributed by atoms with van der Waals surface area (Å²) in [5, 5.41) is 1.17. The summed E-state index contributed by atoms with van der Waals surface area (Å²) >= 11 is 1.88. The van der Waals surface area contributed by atoms with Crippen molar-refractivity contribution in [2.24, 2.45) is 4.99 Å². The summed E-state index contributed by atoms with van der Waals surface area (Å²) in [5.74, 6) is 1.12. The molecule has 5 nitrogen and oxygen atoms in total. The molecule has 132 valence electrons. The Kier molecular flexibility index (Phi) is 4.81. The number of pyridine rings is 1. The molecule has 0 amide bonds. The fourth-order valence-electron chi connectivity index (χ4n) is 3.76. The largest absolute Gasteiger partial charge is 0.383 e. The van der Waals surface area contributed by atoms with Crippen LogP contribution in [0.2, 0.25) is 0 Å². The van der Waals surface area contributed by atoms with Gasteiger partial charge < -0.3 is 14.2 Å². The summed E-state index contributed by atoms with van der Waals surface area (Å²) in [6.07, 6.45) is 5.15. The zero-order valence-corrected chi connectivity index (χ0v) is 15.5. The van der Waals surface area contributed by atoms with Crippen molar-refractivity contribution < 1.29 is 4.74 Å². The Labute approximate surface area is 153 Å². The standard InChI is InChI=1S/C19H24N4OS/c1-3-14-13-25-19-21-17(15-7-4-5-9-20-15)18(23(14)19)16-8-6-10-22(16)11-12-24-2/h4-10,14,17-18H,3,11-13H2,1-2H3/t14-,17-,18-/m1/s1. The number of aromatic nitrogens is 2. The third kappa shape index (κ3) is 2.98. The highest BCUT2D eigenvalue weighted by molar-refractivity contribution is 8.14. The Hall–Kier alpha value is -1.79. The molecular weight excluding hydrogens is 332 g/mol. The van der Waals surface area contributed by atoms with Crippen molar-refractivity contribution in [3.63, 3.8) is 0 Å². The molecule has 4 rings (SSSR count). The van der Waals surface area contributed by atoms with Crippen molar-refractivity contribution in [1.29, 1.82) is 0 Å². The van der Waals surface area contributed by atoms with Crippen LogP contribution in [-0.2, 0) is 11.3 Å². The molecule has 3 atom stereocenters. The Balaban J connectivity index is 1.74. The van der Waals surface area contributed by atoms with Gasteiger partial charge in [0, 0.05) is 43.5 Å². The van der Waals surface area contributed by atoms with Crippen molar-refractivity contribution in [1.82, 2.24) is 14.5 Å². The number of aliphatic imine (C=N–C) groups is 1. The van der Waals surface area contributed by atoms with Crippen LogP contribution >= 0.6 is 11.8 Å². The molecule has 25 heavy (non-hydrogen) atoms. The normalized spacial score (nSPS) is 25.3. The Bertz CT molecular complexity index is 745. The Morgan fingerprint density at radius 1 is 1.28 bits per heavy atom. The third-order valence-electron chi connectivity index (χ3n) is 5.03. The van der Waals surface area contributed by atoms with E-state index < -0.39 is 0 Å². The lowest BCUT2D eigenvalue weighted by Gasteiger charge is -2.32. The number of thioether (sulfide) groups is 1. The summed E-state index contributed by atoms with van der Waals surface area (Å²) < 4.78 is 7.60. The zero-order chi connectivity index (χ0) is 17.2. The fraction of sp³-hybridized carbons (Fsp3) is 0.474. The first-order valence-electron chi connectivity index (χ1n) is 8.87. The SMILES string of the molecule is CC[C@@H]1CSC2=N[C@H](c3ccccn3)[C@@H](c3cccn3CCOC)N21. The molecule has 6 heteroatoms. The lowest BCUT2D eigenvalue weighted by atomic mass is 9.99. The van der Waals surface area contributed by atoms with Crippen LogP contribution in [0, 0.1) is 0 Å². The van der Waals surface area contributed by atoms with Gasteiger partial charge >= 0.3 is 0 Å². The number of hydrogen-bond acceptors (Lipinski definition) is 5. The van der Waals surface area contributed by atoms with Gasteiger partial charge in [0.2, 0.25) is 0 Å². The third-order valence-corrected chi connectivity index (χ3v) is 6.16. The van der Waals surface area contributed by atoms with Gasteiger partial charge in [0.25, 0.3) is 0 Å². The van der Waals surface area contributed by atoms with E-state index in [9.17, 15) is 0 Å². The number of amidine groups is 1. The van der Waals surface area contributed by atoms with E-state index in [-0.39, 0.29) is 12.1 Å². The number of ether oxygens (including phenoxy) is 1. The second kappa shape index (κ2) is 7.22. The first kappa shape index (κ1) is 16.7. The summed E-state index contributed by atoms with van der Waals surface area (Å²) in [6, 6.07) is 11.3. The molecular formula is C19H24N4OS. The van der Waals surface area contributed by atoms with Gasteiger partial charge in [-0.2, -0.15) is 0 Å². The van der Waals surface area contributed by atoms with Gasteiger partial charge in [-0.1, -0.05) is 24.8 Å². The predicted octanol–water partition coefficient (Wildman–Crippen LogP) is 3.51. The van der Waals surface area contributed by atoms with Crippen molar-refractivity contribution in [3.8, 4) is 0 Å².